The fraction of sp³-hybridized carbons (Fsp3) is 0.286. The van der Waals surface area contributed by atoms with Crippen molar-refractivity contribution in [3.05, 3.63) is 36.3 Å². The summed E-state index contributed by atoms with van der Waals surface area (Å²) in [6.45, 7) is 0. The summed E-state index contributed by atoms with van der Waals surface area (Å²) in [5.74, 6) is 2.07. The summed E-state index contributed by atoms with van der Waals surface area (Å²) in [6, 6.07) is 3.97. The molecule has 0 amide bonds. The number of hydrogen-bond donors (Lipinski definition) is 0. The molecule has 0 N–H and O–H groups in total. The van der Waals surface area contributed by atoms with E-state index in [4.69, 9.17) is 4.74 Å². The molecule has 0 aliphatic heterocycles. The molecule has 0 radical (unpaired) electrons. The molecule has 0 bridgehead atoms. The van der Waals surface area contributed by atoms with Crippen LogP contribution in [-0.2, 0) is 19.8 Å². The van der Waals surface area contributed by atoms with E-state index in [0.29, 0.717) is 5.88 Å². The molecule has 7 nitrogen and oxygen atoms in total. The number of pyridine rings is 1. The molecule has 0 aliphatic carbocycles. The van der Waals surface area contributed by atoms with Crippen molar-refractivity contribution < 1.29 is 4.74 Å². The van der Waals surface area contributed by atoms with Crippen LogP contribution in [0.4, 0.5) is 0 Å². The highest BCUT2D eigenvalue weighted by molar-refractivity contribution is 7.98. The molecule has 114 valence electrons. The molecule has 0 saturated heterocycles. The Hall–Kier alpha value is -2.35. The molecule has 0 spiro atoms. The maximum absolute atomic E-state index is 5.29. The molecule has 0 atom stereocenters. The van der Waals surface area contributed by atoms with Crippen LogP contribution in [0.5, 0.6) is 5.88 Å². The lowest BCUT2D eigenvalue weighted by atomic mass is 10.3. The smallest absolute Gasteiger partial charge is 0.243 e. The molecule has 0 aromatic carbocycles. The maximum Gasteiger partial charge on any atom is 0.243 e. The number of rotatable bonds is 5. The van der Waals surface area contributed by atoms with Crippen LogP contribution in [-0.4, -0.2) is 36.6 Å². The van der Waals surface area contributed by atoms with Crippen molar-refractivity contribution in [3.63, 3.8) is 0 Å². The predicted molar refractivity (Wildman–Crippen MR) is 83.6 cm³/mol. The first-order valence-corrected chi connectivity index (χ1v) is 7.66. The topological polar surface area (TPSA) is 70.7 Å². The lowest BCUT2D eigenvalue weighted by Gasteiger charge is -2.03. The van der Waals surface area contributed by atoms with E-state index in [-0.39, 0.29) is 0 Å². The first-order valence-electron chi connectivity index (χ1n) is 6.68. The molecule has 0 unspecified atom stereocenters. The Morgan fingerprint density at radius 2 is 2.14 bits per heavy atom. The third-order valence-electron chi connectivity index (χ3n) is 3.15. The molecular weight excluding hydrogens is 300 g/mol. The molecule has 0 saturated carbocycles. The van der Waals surface area contributed by atoms with Gasteiger partial charge in [-0.2, -0.15) is 0 Å². The molecule has 3 heterocycles. The Bertz CT molecular complexity index is 767. The minimum Gasteiger partial charge on any atom is -0.479 e. The maximum atomic E-state index is 5.29. The number of aromatic nitrogens is 6. The Balaban J connectivity index is 1.83. The number of nitrogens with zero attached hydrogens (tertiary/aromatic N) is 6. The van der Waals surface area contributed by atoms with Crippen molar-refractivity contribution >= 4 is 11.8 Å². The Morgan fingerprint density at radius 1 is 1.27 bits per heavy atom. The van der Waals surface area contributed by atoms with Crippen LogP contribution < -0.4 is 4.74 Å². The quantitative estimate of drug-likeness (QED) is 0.670. The van der Waals surface area contributed by atoms with E-state index < -0.39 is 0 Å². The van der Waals surface area contributed by atoms with Gasteiger partial charge in [-0.3, -0.25) is 9.67 Å². The summed E-state index contributed by atoms with van der Waals surface area (Å²) in [4.78, 5) is 4.11. The van der Waals surface area contributed by atoms with Crippen LogP contribution >= 0.6 is 11.8 Å². The second kappa shape index (κ2) is 6.18. The van der Waals surface area contributed by atoms with E-state index in [9.17, 15) is 0 Å². The van der Waals surface area contributed by atoms with Gasteiger partial charge < -0.3 is 9.30 Å². The summed E-state index contributed by atoms with van der Waals surface area (Å²) in [5, 5.41) is 13.6. The molecule has 22 heavy (non-hydrogen) atoms. The predicted octanol–water partition coefficient (Wildman–Crippen LogP) is 1.91. The van der Waals surface area contributed by atoms with E-state index in [1.165, 1.54) is 0 Å². The van der Waals surface area contributed by atoms with Crippen molar-refractivity contribution in [1.82, 2.24) is 29.5 Å². The Kier molecular flexibility index (Phi) is 4.10. The van der Waals surface area contributed by atoms with E-state index in [1.807, 2.05) is 43.2 Å². The molecule has 3 rings (SSSR count). The molecule has 3 aromatic rings. The lowest BCUT2D eigenvalue weighted by Crippen LogP contribution is -1.96. The average Bonchev–Trinajstić information content (AvgIpc) is 3.08. The van der Waals surface area contributed by atoms with Crippen LogP contribution in [0.2, 0.25) is 0 Å². The summed E-state index contributed by atoms with van der Waals surface area (Å²) in [7, 11) is 5.38. The van der Waals surface area contributed by atoms with Gasteiger partial charge in [0.05, 0.1) is 7.11 Å². The third-order valence-corrected chi connectivity index (χ3v) is 4.25. The summed E-state index contributed by atoms with van der Waals surface area (Å²) in [6.07, 6.45) is 5.50. The van der Waals surface area contributed by atoms with Gasteiger partial charge in [0.2, 0.25) is 5.88 Å². The van der Waals surface area contributed by atoms with Crippen LogP contribution in [0.3, 0.4) is 0 Å². The average molecular weight is 316 g/mol. The lowest BCUT2D eigenvalue weighted by molar-refractivity contribution is 0.393. The number of thioether (sulfide) groups is 1. The summed E-state index contributed by atoms with van der Waals surface area (Å²) in [5.41, 5.74) is 1.98. The second-order valence-corrected chi connectivity index (χ2v) is 5.68. The van der Waals surface area contributed by atoms with Gasteiger partial charge in [-0.05, 0) is 11.6 Å². The fourth-order valence-corrected chi connectivity index (χ4v) is 2.92. The van der Waals surface area contributed by atoms with E-state index in [2.05, 4.69) is 20.3 Å². The number of methoxy groups -OCH3 is 1. The second-order valence-electron chi connectivity index (χ2n) is 4.74. The van der Waals surface area contributed by atoms with E-state index in [0.717, 1.165) is 27.9 Å². The number of aryl methyl sites for hydroxylation is 1. The third kappa shape index (κ3) is 2.82. The van der Waals surface area contributed by atoms with Gasteiger partial charge in [-0.25, -0.2) is 0 Å². The van der Waals surface area contributed by atoms with Gasteiger partial charge in [0.15, 0.2) is 11.0 Å². The highest BCUT2D eigenvalue weighted by atomic mass is 32.2. The van der Waals surface area contributed by atoms with Gasteiger partial charge in [0.25, 0.3) is 0 Å². The van der Waals surface area contributed by atoms with Gasteiger partial charge in [0.1, 0.15) is 5.56 Å². The number of hydrogen-bond acceptors (Lipinski definition) is 6. The van der Waals surface area contributed by atoms with Crippen molar-refractivity contribution in [2.75, 3.05) is 7.11 Å². The zero-order valence-electron chi connectivity index (χ0n) is 12.6. The molecule has 0 aliphatic rings. The van der Waals surface area contributed by atoms with Crippen molar-refractivity contribution in [3.8, 4) is 17.3 Å². The highest BCUT2D eigenvalue weighted by Gasteiger charge is 2.18. The zero-order valence-corrected chi connectivity index (χ0v) is 13.4. The SMILES string of the molecule is COc1nn(C)cc1-c1nnc(SCc2cccnc2)n1C. The molecular formula is C14H16N6OS. The van der Waals surface area contributed by atoms with Gasteiger partial charge in [0, 0.05) is 38.4 Å². The van der Waals surface area contributed by atoms with Crippen LogP contribution in [0.25, 0.3) is 11.4 Å². The molecule has 8 heteroatoms. The van der Waals surface area contributed by atoms with Crippen molar-refractivity contribution in [2.24, 2.45) is 14.1 Å². The first-order chi connectivity index (χ1) is 10.7. The zero-order chi connectivity index (χ0) is 15.5. The summed E-state index contributed by atoms with van der Waals surface area (Å²) >= 11 is 1.62. The monoisotopic (exact) mass is 316 g/mol. The standard InChI is InChI=1S/C14H16N6OS/c1-19-8-11(13(18-19)21-3)12-16-17-14(20(12)2)22-9-10-5-4-6-15-7-10/h4-8H,9H2,1-3H3. The Labute approximate surface area is 132 Å². The van der Waals surface area contributed by atoms with E-state index >= 15 is 0 Å². The minimum atomic E-state index is 0.543. The van der Waals surface area contributed by atoms with Crippen LogP contribution in [0, 0.1) is 0 Å². The van der Waals surface area contributed by atoms with Crippen LogP contribution in [0.15, 0.2) is 35.9 Å². The first kappa shape index (κ1) is 14.6. The minimum absolute atomic E-state index is 0.543. The number of ether oxygens (including phenoxy) is 1. The van der Waals surface area contributed by atoms with Crippen LogP contribution in [0.1, 0.15) is 5.56 Å². The molecule has 3 aromatic heterocycles. The molecule has 0 fully saturated rings. The highest BCUT2D eigenvalue weighted by Crippen LogP contribution is 2.29. The summed E-state index contributed by atoms with van der Waals surface area (Å²) < 4.78 is 8.93. The Morgan fingerprint density at radius 3 is 2.86 bits per heavy atom. The largest absolute Gasteiger partial charge is 0.479 e. The van der Waals surface area contributed by atoms with Crippen molar-refractivity contribution in [1.29, 1.82) is 0 Å². The van der Waals surface area contributed by atoms with Gasteiger partial charge >= 0.3 is 0 Å². The van der Waals surface area contributed by atoms with E-state index in [1.54, 1.807) is 29.8 Å². The van der Waals surface area contributed by atoms with Gasteiger partial charge in [-0.1, -0.05) is 17.8 Å². The van der Waals surface area contributed by atoms with Crippen molar-refractivity contribution in [2.45, 2.75) is 10.9 Å². The van der Waals surface area contributed by atoms with Gasteiger partial charge in [-0.15, -0.1) is 15.3 Å². The fourth-order valence-electron chi connectivity index (χ4n) is 2.08. The normalized spacial score (nSPS) is 10.9.